The number of hydrogen-bond donors (Lipinski definition) is 1. The number of benzene rings is 3. The highest BCUT2D eigenvalue weighted by Crippen LogP contribution is 2.33. The van der Waals surface area contributed by atoms with E-state index in [1.165, 1.54) is 43.4 Å². The number of methoxy groups -OCH3 is 3. The van der Waals surface area contributed by atoms with Gasteiger partial charge in [-0.3, -0.25) is 13.9 Å². The minimum Gasteiger partial charge on any atom is -0.497 e. The SMILES string of the molecule is CC[C@@H](C)NC(=O)[C@@H](C)N(Cc1ccc(OC)cc1)C(=O)CN(c1ccccc1OC)S(=O)(=O)c1ccc(OC)cc1. The maximum Gasteiger partial charge on any atom is 0.264 e. The van der Waals surface area contributed by atoms with Crippen LogP contribution < -0.4 is 23.8 Å². The Bertz CT molecular complexity index is 1440. The van der Waals surface area contributed by atoms with Crippen LogP contribution in [0.2, 0.25) is 0 Å². The van der Waals surface area contributed by atoms with Crippen molar-refractivity contribution < 1.29 is 32.2 Å². The van der Waals surface area contributed by atoms with E-state index in [9.17, 15) is 18.0 Å². The number of sulfonamides is 1. The molecule has 0 saturated carbocycles. The van der Waals surface area contributed by atoms with Gasteiger partial charge in [-0.15, -0.1) is 0 Å². The largest absolute Gasteiger partial charge is 0.497 e. The molecule has 0 fully saturated rings. The van der Waals surface area contributed by atoms with Crippen molar-refractivity contribution in [3.63, 3.8) is 0 Å². The molecule has 0 aliphatic heterocycles. The Labute approximate surface area is 248 Å². The van der Waals surface area contributed by atoms with Gasteiger partial charge in [0.25, 0.3) is 10.0 Å². The maximum absolute atomic E-state index is 14.1. The van der Waals surface area contributed by atoms with Gasteiger partial charge in [0.1, 0.15) is 29.8 Å². The molecule has 3 aromatic rings. The summed E-state index contributed by atoms with van der Waals surface area (Å²) in [4.78, 5) is 28.6. The van der Waals surface area contributed by atoms with Gasteiger partial charge in [-0.1, -0.05) is 31.2 Å². The average Bonchev–Trinajstić information content (AvgIpc) is 3.02. The van der Waals surface area contributed by atoms with Gasteiger partial charge in [0.15, 0.2) is 0 Å². The zero-order chi connectivity index (χ0) is 30.9. The zero-order valence-electron chi connectivity index (χ0n) is 24.9. The van der Waals surface area contributed by atoms with Crippen LogP contribution in [0, 0.1) is 0 Å². The van der Waals surface area contributed by atoms with Gasteiger partial charge in [-0.2, -0.15) is 0 Å². The maximum atomic E-state index is 14.1. The lowest BCUT2D eigenvalue weighted by atomic mass is 10.1. The number of amides is 2. The molecule has 226 valence electrons. The second-order valence-corrected chi connectivity index (χ2v) is 11.6. The molecule has 0 aromatic heterocycles. The van der Waals surface area contributed by atoms with Gasteiger partial charge in [-0.25, -0.2) is 8.42 Å². The topological polar surface area (TPSA) is 114 Å². The summed E-state index contributed by atoms with van der Waals surface area (Å²) in [5, 5.41) is 2.92. The van der Waals surface area contributed by atoms with Crippen molar-refractivity contribution >= 4 is 27.5 Å². The van der Waals surface area contributed by atoms with Crippen LogP contribution in [0.15, 0.2) is 77.7 Å². The normalized spacial score (nSPS) is 12.5. The summed E-state index contributed by atoms with van der Waals surface area (Å²) >= 11 is 0. The monoisotopic (exact) mass is 597 g/mol. The van der Waals surface area contributed by atoms with E-state index in [2.05, 4.69) is 5.32 Å². The molecular formula is C31H39N3O7S. The fourth-order valence-electron chi connectivity index (χ4n) is 4.20. The fraction of sp³-hybridized carbons (Fsp3) is 0.355. The first-order valence-corrected chi connectivity index (χ1v) is 15.0. The van der Waals surface area contributed by atoms with Gasteiger partial charge in [0, 0.05) is 12.6 Å². The molecule has 10 nitrogen and oxygen atoms in total. The van der Waals surface area contributed by atoms with Crippen LogP contribution in [0.25, 0.3) is 0 Å². The quantitative estimate of drug-likeness (QED) is 0.296. The number of nitrogens with zero attached hydrogens (tertiary/aromatic N) is 2. The van der Waals surface area contributed by atoms with Crippen LogP contribution >= 0.6 is 0 Å². The number of carbonyl (C=O) groups excluding carboxylic acids is 2. The van der Waals surface area contributed by atoms with Gasteiger partial charge < -0.3 is 24.4 Å². The van der Waals surface area contributed by atoms with Gasteiger partial charge in [-0.05, 0) is 74.4 Å². The van der Waals surface area contributed by atoms with E-state index in [0.717, 1.165) is 9.87 Å². The number of anilines is 1. The Morgan fingerprint density at radius 3 is 1.95 bits per heavy atom. The summed E-state index contributed by atoms with van der Waals surface area (Å²) in [7, 11) is 0.212. The van der Waals surface area contributed by atoms with Crippen molar-refractivity contribution in [3.05, 3.63) is 78.4 Å². The van der Waals surface area contributed by atoms with E-state index in [1.807, 2.05) is 13.8 Å². The first kappa shape index (κ1) is 32.3. The van der Waals surface area contributed by atoms with E-state index in [0.29, 0.717) is 17.9 Å². The van der Waals surface area contributed by atoms with Crippen LogP contribution in [0.3, 0.4) is 0 Å². The molecule has 0 aliphatic rings. The lowest BCUT2D eigenvalue weighted by Gasteiger charge is -2.32. The molecule has 42 heavy (non-hydrogen) atoms. The Hall–Kier alpha value is -4.25. The second kappa shape index (κ2) is 14.6. The molecule has 0 bridgehead atoms. The molecule has 0 unspecified atom stereocenters. The number of nitrogens with one attached hydrogen (secondary N) is 1. The Morgan fingerprint density at radius 1 is 0.833 bits per heavy atom. The van der Waals surface area contributed by atoms with E-state index in [-0.39, 0.29) is 34.8 Å². The molecule has 0 saturated heterocycles. The second-order valence-electron chi connectivity index (χ2n) is 9.72. The summed E-state index contributed by atoms with van der Waals surface area (Å²) in [6.07, 6.45) is 0.715. The third-order valence-electron chi connectivity index (χ3n) is 6.96. The van der Waals surface area contributed by atoms with Gasteiger partial charge >= 0.3 is 0 Å². The highest BCUT2D eigenvalue weighted by Gasteiger charge is 2.34. The number of ether oxygens (including phenoxy) is 3. The first-order valence-electron chi connectivity index (χ1n) is 13.6. The fourth-order valence-corrected chi connectivity index (χ4v) is 5.62. The standard InChI is InChI=1S/C31H39N3O7S/c1-7-22(2)32-31(36)23(3)33(20-24-12-14-25(39-4)15-13-24)30(35)21-34(28-10-8-9-11-29(28)41-6)42(37,38)27-18-16-26(40-5)17-19-27/h8-19,22-23H,7,20-21H2,1-6H3,(H,32,36)/t22-,23-/m1/s1. The average molecular weight is 598 g/mol. The van der Waals surface area contributed by atoms with Crippen molar-refractivity contribution in [1.82, 2.24) is 10.2 Å². The third kappa shape index (κ3) is 7.73. The van der Waals surface area contributed by atoms with Crippen LogP contribution in [0.4, 0.5) is 5.69 Å². The molecule has 2 atom stereocenters. The van der Waals surface area contributed by atoms with Crippen molar-refractivity contribution in [2.75, 3.05) is 32.2 Å². The summed E-state index contributed by atoms with van der Waals surface area (Å²) in [5.41, 5.74) is 0.930. The van der Waals surface area contributed by atoms with Crippen LogP contribution in [-0.4, -0.2) is 65.1 Å². The number of carbonyl (C=O) groups is 2. The van der Waals surface area contributed by atoms with Crippen molar-refractivity contribution in [1.29, 1.82) is 0 Å². The minimum absolute atomic E-state index is 0.0359. The molecule has 0 heterocycles. The number of rotatable bonds is 14. The lowest BCUT2D eigenvalue weighted by molar-refractivity contribution is -0.139. The van der Waals surface area contributed by atoms with Crippen molar-refractivity contribution in [3.8, 4) is 17.2 Å². The van der Waals surface area contributed by atoms with Crippen molar-refractivity contribution in [2.24, 2.45) is 0 Å². The molecule has 0 aliphatic carbocycles. The molecule has 1 N–H and O–H groups in total. The highest BCUT2D eigenvalue weighted by molar-refractivity contribution is 7.92. The van der Waals surface area contributed by atoms with Crippen LogP contribution in [-0.2, 0) is 26.2 Å². The molecule has 3 aromatic carbocycles. The zero-order valence-corrected chi connectivity index (χ0v) is 25.7. The molecule has 3 rings (SSSR count). The molecule has 11 heteroatoms. The van der Waals surface area contributed by atoms with E-state index >= 15 is 0 Å². The van der Waals surface area contributed by atoms with Gasteiger partial charge in [0.05, 0.1) is 31.9 Å². The molecule has 2 amide bonds. The number of hydrogen-bond acceptors (Lipinski definition) is 7. The summed E-state index contributed by atoms with van der Waals surface area (Å²) in [6.45, 7) is 4.95. The minimum atomic E-state index is -4.26. The lowest BCUT2D eigenvalue weighted by Crippen LogP contribution is -2.52. The summed E-state index contributed by atoms with van der Waals surface area (Å²) < 4.78 is 45.0. The predicted octanol–water partition coefficient (Wildman–Crippen LogP) is 4.24. The molecular weight excluding hydrogens is 558 g/mol. The number of para-hydroxylation sites is 2. The third-order valence-corrected chi connectivity index (χ3v) is 8.73. The van der Waals surface area contributed by atoms with Crippen molar-refractivity contribution in [2.45, 2.75) is 50.7 Å². The summed E-state index contributed by atoms with van der Waals surface area (Å²) in [6, 6.07) is 18.6. The van der Waals surface area contributed by atoms with E-state index < -0.39 is 28.5 Å². The Balaban J connectivity index is 2.06. The Kier molecular flexibility index (Phi) is 11.2. The van der Waals surface area contributed by atoms with Crippen LogP contribution in [0.5, 0.6) is 17.2 Å². The van der Waals surface area contributed by atoms with Crippen LogP contribution in [0.1, 0.15) is 32.8 Å². The Morgan fingerprint density at radius 2 is 1.40 bits per heavy atom. The van der Waals surface area contributed by atoms with E-state index in [4.69, 9.17) is 14.2 Å². The van der Waals surface area contributed by atoms with Gasteiger partial charge in [0.2, 0.25) is 11.8 Å². The first-order chi connectivity index (χ1) is 20.0. The highest BCUT2D eigenvalue weighted by atomic mass is 32.2. The smallest absolute Gasteiger partial charge is 0.264 e. The summed E-state index contributed by atoms with van der Waals surface area (Å²) in [5.74, 6) is 0.494. The molecule has 0 spiro atoms. The van der Waals surface area contributed by atoms with E-state index in [1.54, 1.807) is 62.6 Å². The predicted molar refractivity (Wildman–Crippen MR) is 161 cm³/mol. The molecule has 0 radical (unpaired) electrons.